The van der Waals surface area contributed by atoms with Gasteiger partial charge in [-0.3, -0.25) is 9.36 Å². The number of furan rings is 1. The number of carbonyl (C=O) groups is 1. The third-order valence-electron chi connectivity index (χ3n) is 4.49. The highest BCUT2D eigenvalue weighted by Crippen LogP contribution is 2.30. The second-order valence-corrected chi connectivity index (χ2v) is 8.54. The van der Waals surface area contributed by atoms with Crippen LogP contribution in [0.2, 0.25) is 0 Å². The summed E-state index contributed by atoms with van der Waals surface area (Å²) in [6.07, 6.45) is 2.50. The van der Waals surface area contributed by atoms with Crippen molar-refractivity contribution in [3.63, 3.8) is 0 Å². The first-order valence-electron chi connectivity index (χ1n) is 9.58. The van der Waals surface area contributed by atoms with E-state index in [-0.39, 0.29) is 11.9 Å². The van der Waals surface area contributed by atoms with Crippen molar-refractivity contribution < 1.29 is 9.21 Å². The molecule has 0 spiro atoms. The summed E-state index contributed by atoms with van der Waals surface area (Å²) >= 11 is 2.99. The molecule has 4 aromatic rings. The van der Waals surface area contributed by atoms with Crippen LogP contribution in [0.25, 0.3) is 17.3 Å². The lowest BCUT2D eigenvalue weighted by Crippen LogP contribution is -2.32. The van der Waals surface area contributed by atoms with Gasteiger partial charge in [-0.15, -0.1) is 21.5 Å². The first-order valence-corrected chi connectivity index (χ1v) is 11.4. The van der Waals surface area contributed by atoms with Gasteiger partial charge < -0.3 is 9.73 Å². The van der Waals surface area contributed by atoms with Crippen LogP contribution < -0.4 is 5.32 Å². The molecule has 3 aromatic heterocycles. The van der Waals surface area contributed by atoms with Gasteiger partial charge in [0.05, 0.1) is 12.0 Å². The van der Waals surface area contributed by atoms with Gasteiger partial charge in [0.15, 0.2) is 10.9 Å². The van der Waals surface area contributed by atoms with Crippen LogP contribution in [0.1, 0.15) is 35.8 Å². The third kappa shape index (κ3) is 4.47. The van der Waals surface area contributed by atoms with E-state index < -0.39 is 0 Å². The Morgan fingerprint density at radius 1 is 1.23 bits per heavy atom. The third-order valence-corrected chi connectivity index (χ3v) is 6.46. The fourth-order valence-electron chi connectivity index (χ4n) is 2.75. The van der Waals surface area contributed by atoms with E-state index in [0.717, 1.165) is 22.3 Å². The molecule has 0 saturated heterocycles. The second-order valence-electron chi connectivity index (χ2n) is 6.65. The fraction of sp³-hybridized carbons (Fsp3) is 0.238. The molecule has 1 unspecified atom stereocenters. The standard InChI is InChI=1S/C21H21N5O2S2/c1-3-14(2)22-20(27)16-12-29-18(23-16)13-30-21-25-24-19(17-10-7-11-28-17)26(21)15-8-5-4-6-9-15/h4-12,14H,3,13H2,1-2H3,(H,22,27). The van der Waals surface area contributed by atoms with Gasteiger partial charge in [-0.2, -0.15) is 0 Å². The monoisotopic (exact) mass is 439 g/mol. The van der Waals surface area contributed by atoms with Gasteiger partial charge in [-0.25, -0.2) is 4.98 Å². The summed E-state index contributed by atoms with van der Waals surface area (Å²) in [5.41, 5.74) is 1.40. The molecule has 9 heteroatoms. The minimum atomic E-state index is -0.135. The lowest BCUT2D eigenvalue weighted by molar-refractivity contribution is 0.0935. The molecule has 1 atom stereocenters. The molecule has 7 nitrogen and oxygen atoms in total. The summed E-state index contributed by atoms with van der Waals surface area (Å²) in [6.45, 7) is 4.02. The van der Waals surface area contributed by atoms with E-state index in [1.165, 1.54) is 23.1 Å². The van der Waals surface area contributed by atoms with Gasteiger partial charge >= 0.3 is 0 Å². The van der Waals surface area contributed by atoms with Crippen LogP contribution in [0.15, 0.2) is 63.7 Å². The van der Waals surface area contributed by atoms with Crippen LogP contribution in [0, 0.1) is 0 Å². The van der Waals surface area contributed by atoms with Gasteiger partial charge in [0.1, 0.15) is 10.7 Å². The Balaban J connectivity index is 1.54. The number of benzene rings is 1. The Morgan fingerprint density at radius 3 is 2.80 bits per heavy atom. The molecular formula is C21H21N5O2S2. The highest BCUT2D eigenvalue weighted by atomic mass is 32.2. The smallest absolute Gasteiger partial charge is 0.270 e. The molecular weight excluding hydrogens is 418 g/mol. The quantitative estimate of drug-likeness (QED) is 0.397. The van der Waals surface area contributed by atoms with Crippen molar-refractivity contribution in [1.29, 1.82) is 0 Å². The maximum Gasteiger partial charge on any atom is 0.270 e. The molecule has 0 saturated carbocycles. The van der Waals surface area contributed by atoms with Crippen LogP contribution in [0.4, 0.5) is 0 Å². The number of hydrogen-bond donors (Lipinski definition) is 1. The lowest BCUT2D eigenvalue weighted by Gasteiger charge is -2.09. The predicted octanol–water partition coefficient (Wildman–Crippen LogP) is 4.80. The van der Waals surface area contributed by atoms with Crippen LogP contribution >= 0.6 is 23.1 Å². The largest absolute Gasteiger partial charge is 0.461 e. The summed E-state index contributed by atoms with van der Waals surface area (Å²) in [4.78, 5) is 16.7. The summed E-state index contributed by atoms with van der Waals surface area (Å²) in [5, 5.41) is 15.0. The van der Waals surface area contributed by atoms with Gasteiger partial charge in [0.2, 0.25) is 5.82 Å². The van der Waals surface area contributed by atoms with Crippen LogP contribution in [0.5, 0.6) is 0 Å². The number of hydrogen-bond acceptors (Lipinski definition) is 7. The lowest BCUT2D eigenvalue weighted by atomic mass is 10.2. The van der Waals surface area contributed by atoms with E-state index in [1.807, 2.05) is 60.9 Å². The molecule has 1 aromatic carbocycles. The molecule has 0 bridgehead atoms. The number of thiazole rings is 1. The van der Waals surface area contributed by atoms with E-state index in [0.29, 0.717) is 23.0 Å². The highest BCUT2D eigenvalue weighted by Gasteiger charge is 2.19. The van der Waals surface area contributed by atoms with E-state index in [2.05, 4.69) is 20.5 Å². The number of thioether (sulfide) groups is 1. The van der Waals surface area contributed by atoms with Crippen molar-refractivity contribution in [2.45, 2.75) is 37.2 Å². The Labute approximate surface area is 182 Å². The Morgan fingerprint density at radius 2 is 2.07 bits per heavy atom. The minimum absolute atomic E-state index is 0.126. The Bertz CT molecular complexity index is 1110. The number of nitrogens with zero attached hydrogens (tertiary/aromatic N) is 4. The molecule has 30 heavy (non-hydrogen) atoms. The Hall–Kier alpha value is -2.91. The predicted molar refractivity (Wildman–Crippen MR) is 118 cm³/mol. The van der Waals surface area contributed by atoms with E-state index in [9.17, 15) is 4.79 Å². The van der Waals surface area contributed by atoms with Crippen molar-refractivity contribution in [2.75, 3.05) is 0 Å². The first kappa shape index (κ1) is 20.4. The molecule has 0 radical (unpaired) electrons. The molecule has 154 valence electrons. The number of amides is 1. The molecule has 0 aliphatic heterocycles. The van der Waals surface area contributed by atoms with Crippen molar-refractivity contribution in [3.8, 4) is 17.3 Å². The summed E-state index contributed by atoms with van der Waals surface area (Å²) < 4.78 is 7.51. The molecule has 4 rings (SSSR count). The summed E-state index contributed by atoms with van der Waals surface area (Å²) in [6, 6.07) is 13.7. The van der Waals surface area contributed by atoms with Gasteiger partial charge in [0, 0.05) is 17.1 Å². The van der Waals surface area contributed by atoms with Crippen LogP contribution in [-0.2, 0) is 5.75 Å². The zero-order valence-electron chi connectivity index (χ0n) is 16.6. The first-order chi connectivity index (χ1) is 14.7. The number of para-hydroxylation sites is 1. The number of nitrogens with one attached hydrogen (secondary N) is 1. The maximum atomic E-state index is 12.3. The number of carbonyl (C=O) groups excluding carboxylic acids is 1. The molecule has 1 amide bonds. The van der Waals surface area contributed by atoms with Gasteiger partial charge in [-0.1, -0.05) is 36.9 Å². The SMILES string of the molecule is CCC(C)NC(=O)c1csc(CSc2nnc(-c3ccco3)n2-c2ccccc2)n1. The van der Waals surface area contributed by atoms with Crippen molar-refractivity contribution in [1.82, 2.24) is 25.1 Å². The fourth-order valence-corrected chi connectivity index (χ4v) is 4.49. The number of rotatable bonds is 8. The minimum Gasteiger partial charge on any atom is -0.461 e. The van der Waals surface area contributed by atoms with Gasteiger partial charge in [-0.05, 0) is 37.6 Å². The van der Waals surface area contributed by atoms with E-state index in [4.69, 9.17) is 4.42 Å². The molecule has 3 heterocycles. The summed E-state index contributed by atoms with van der Waals surface area (Å²) in [7, 11) is 0. The molecule has 0 aliphatic carbocycles. The van der Waals surface area contributed by atoms with Crippen molar-refractivity contribution >= 4 is 29.0 Å². The van der Waals surface area contributed by atoms with Crippen molar-refractivity contribution in [2.24, 2.45) is 0 Å². The Kier molecular flexibility index (Phi) is 6.29. The van der Waals surface area contributed by atoms with Crippen LogP contribution in [-0.4, -0.2) is 31.7 Å². The highest BCUT2D eigenvalue weighted by molar-refractivity contribution is 7.98. The normalized spacial score (nSPS) is 12.1. The maximum absolute atomic E-state index is 12.3. The molecule has 0 aliphatic rings. The average molecular weight is 440 g/mol. The van der Waals surface area contributed by atoms with E-state index in [1.54, 1.807) is 11.6 Å². The van der Waals surface area contributed by atoms with Crippen LogP contribution in [0.3, 0.4) is 0 Å². The zero-order valence-corrected chi connectivity index (χ0v) is 18.2. The summed E-state index contributed by atoms with van der Waals surface area (Å²) in [5.74, 6) is 1.74. The molecule has 1 N–H and O–H groups in total. The number of aromatic nitrogens is 4. The van der Waals surface area contributed by atoms with Gasteiger partial charge in [0.25, 0.3) is 5.91 Å². The van der Waals surface area contributed by atoms with E-state index >= 15 is 0 Å². The topological polar surface area (TPSA) is 85.8 Å². The average Bonchev–Trinajstić information content (AvgIpc) is 3.53. The second kappa shape index (κ2) is 9.27. The van der Waals surface area contributed by atoms with Crippen molar-refractivity contribution in [3.05, 3.63) is 64.8 Å². The zero-order chi connectivity index (χ0) is 20.9. The molecule has 0 fully saturated rings.